The van der Waals surface area contributed by atoms with Gasteiger partial charge in [-0.05, 0) is 49.2 Å². The molecule has 0 saturated carbocycles. The average Bonchev–Trinajstić information content (AvgIpc) is 2.47. The fourth-order valence-corrected chi connectivity index (χ4v) is 2.58. The van der Waals surface area contributed by atoms with Gasteiger partial charge in [0.15, 0.2) is 0 Å². The molecule has 1 unspecified atom stereocenters. The van der Waals surface area contributed by atoms with Crippen molar-refractivity contribution in [2.45, 2.75) is 32.7 Å². The van der Waals surface area contributed by atoms with Gasteiger partial charge in [0, 0.05) is 28.8 Å². The lowest BCUT2D eigenvalue weighted by Crippen LogP contribution is -2.24. The Morgan fingerprint density at radius 1 is 1.25 bits per heavy atom. The molecule has 0 spiro atoms. The summed E-state index contributed by atoms with van der Waals surface area (Å²) in [6, 6.07) is 13.0. The third-order valence-corrected chi connectivity index (χ3v) is 4.23. The first kappa shape index (κ1) is 15.2. The fraction of sp³-hybridized carbons (Fsp3) is 0.353. The molecule has 106 valence electrons. The summed E-state index contributed by atoms with van der Waals surface area (Å²) in [6.07, 6.45) is 3.90. The van der Waals surface area contributed by atoms with Crippen molar-refractivity contribution in [1.82, 2.24) is 10.3 Å². The third-order valence-electron chi connectivity index (χ3n) is 3.38. The first-order valence-electron chi connectivity index (χ1n) is 7.10. The first-order valence-corrected chi connectivity index (χ1v) is 7.89. The Hall–Kier alpha value is -1.19. The molecule has 0 amide bonds. The maximum atomic E-state index is 4.44. The lowest BCUT2D eigenvalue weighted by molar-refractivity contribution is 0.524. The number of rotatable bonds is 6. The summed E-state index contributed by atoms with van der Waals surface area (Å²) in [5.74, 6) is 0. The Balaban J connectivity index is 2.20. The molecular formula is C17H21BrN2. The van der Waals surface area contributed by atoms with Crippen LogP contribution in [0, 0.1) is 6.92 Å². The van der Waals surface area contributed by atoms with Crippen molar-refractivity contribution < 1.29 is 0 Å². The summed E-state index contributed by atoms with van der Waals surface area (Å²) in [7, 11) is 0. The lowest BCUT2D eigenvalue weighted by Gasteiger charge is -2.19. The van der Waals surface area contributed by atoms with Gasteiger partial charge < -0.3 is 5.32 Å². The van der Waals surface area contributed by atoms with Crippen LogP contribution in [-0.4, -0.2) is 11.5 Å². The zero-order valence-electron chi connectivity index (χ0n) is 12.1. The second-order valence-corrected chi connectivity index (χ2v) is 5.89. The van der Waals surface area contributed by atoms with Crippen molar-refractivity contribution in [3.63, 3.8) is 0 Å². The molecule has 0 saturated heterocycles. The summed E-state index contributed by atoms with van der Waals surface area (Å²) < 4.78 is 1.17. The van der Waals surface area contributed by atoms with Gasteiger partial charge in [-0.3, -0.25) is 4.98 Å². The second-order valence-electron chi connectivity index (χ2n) is 5.04. The highest BCUT2D eigenvalue weighted by molar-refractivity contribution is 9.10. The summed E-state index contributed by atoms with van der Waals surface area (Å²) in [5, 5.41) is 3.62. The van der Waals surface area contributed by atoms with Crippen molar-refractivity contribution in [3.05, 3.63) is 63.9 Å². The van der Waals surface area contributed by atoms with Crippen LogP contribution < -0.4 is 5.32 Å². The molecule has 3 heteroatoms. The summed E-state index contributed by atoms with van der Waals surface area (Å²) in [5.41, 5.74) is 3.69. The number of pyridine rings is 1. The van der Waals surface area contributed by atoms with E-state index in [1.54, 1.807) is 0 Å². The van der Waals surface area contributed by atoms with E-state index in [0.29, 0.717) is 6.04 Å². The van der Waals surface area contributed by atoms with Gasteiger partial charge in [-0.25, -0.2) is 0 Å². The smallest absolute Gasteiger partial charge is 0.0422 e. The van der Waals surface area contributed by atoms with Crippen LogP contribution in [-0.2, 0) is 6.42 Å². The van der Waals surface area contributed by atoms with Gasteiger partial charge in [-0.1, -0.05) is 41.1 Å². The van der Waals surface area contributed by atoms with Gasteiger partial charge in [-0.15, -0.1) is 0 Å². The number of benzene rings is 1. The van der Waals surface area contributed by atoms with E-state index in [1.807, 2.05) is 18.3 Å². The number of nitrogens with zero attached hydrogens (tertiary/aromatic N) is 1. The van der Waals surface area contributed by atoms with E-state index in [0.717, 1.165) is 25.1 Å². The molecule has 0 fully saturated rings. The number of halogens is 1. The van der Waals surface area contributed by atoms with Gasteiger partial charge >= 0.3 is 0 Å². The quantitative estimate of drug-likeness (QED) is 0.846. The van der Waals surface area contributed by atoms with Crippen LogP contribution in [0.2, 0.25) is 0 Å². The molecule has 1 atom stereocenters. The van der Waals surface area contributed by atoms with Crippen LogP contribution in [0.4, 0.5) is 0 Å². The minimum atomic E-state index is 0.307. The van der Waals surface area contributed by atoms with Gasteiger partial charge in [0.1, 0.15) is 0 Å². The molecule has 2 rings (SSSR count). The predicted octanol–water partition coefficient (Wildman–Crippen LogP) is 4.44. The zero-order chi connectivity index (χ0) is 14.4. The molecular weight excluding hydrogens is 312 g/mol. The maximum absolute atomic E-state index is 4.44. The van der Waals surface area contributed by atoms with Crippen LogP contribution >= 0.6 is 15.9 Å². The highest BCUT2D eigenvalue weighted by Crippen LogP contribution is 2.24. The highest BCUT2D eigenvalue weighted by atomic mass is 79.9. The van der Waals surface area contributed by atoms with E-state index < -0.39 is 0 Å². The van der Waals surface area contributed by atoms with E-state index in [4.69, 9.17) is 0 Å². The molecule has 0 aliphatic rings. The average molecular weight is 333 g/mol. The Morgan fingerprint density at radius 3 is 2.75 bits per heavy atom. The Bertz CT molecular complexity index is 540. The first-order chi connectivity index (χ1) is 9.70. The van der Waals surface area contributed by atoms with Crippen molar-refractivity contribution in [2.24, 2.45) is 0 Å². The van der Waals surface area contributed by atoms with Crippen molar-refractivity contribution in [3.8, 4) is 0 Å². The van der Waals surface area contributed by atoms with Gasteiger partial charge in [0.05, 0.1) is 0 Å². The van der Waals surface area contributed by atoms with E-state index in [-0.39, 0.29) is 0 Å². The molecule has 20 heavy (non-hydrogen) atoms. The number of aryl methyl sites for hydroxylation is 1. The number of hydrogen-bond acceptors (Lipinski definition) is 2. The molecule has 1 N–H and O–H groups in total. The number of aromatic nitrogens is 1. The summed E-state index contributed by atoms with van der Waals surface area (Å²) >= 11 is 3.62. The van der Waals surface area contributed by atoms with Crippen LogP contribution in [0.3, 0.4) is 0 Å². The zero-order valence-corrected chi connectivity index (χ0v) is 13.7. The Labute approximate surface area is 129 Å². The van der Waals surface area contributed by atoms with Crippen molar-refractivity contribution >= 4 is 15.9 Å². The minimum Gasteiger partial charge on any atom is -0.310 e. The van der Waals surface area contributed by atoms with E-state index in [1.165, 1.54) is 15.6 Å². The van der Waals surface area contributed by atoms with Crippen LogP contribution in [0.1, 0.15) is 36.2 Å². The van der Waals surface area contributed by atoms with E-state index in [2.05, 4.69) is 64.3 Å². The van der Waals surface area contributed by atoms with Gasteiger partial charge in [0.25, 0.3) is 0 Å². The number of nitrogens with one attached hydrogen (secondary N) is 1. The SMILES string of the molecule is CCCNC(Cc1ccccn1)c1ccc(C)c(Br)c1. The largest absolute Gasteiger partial charge is 0.310 e. The Kier molecular flexibility index (Phi) is 5.74. The van der Waals surface area contributed by atoms with Crippen molar-refractivity contribution in [1.29, 1.82) is 0 Å². The van der Waals surface area contributed by atoms with Crippen LogP contribution in [0.5, 0.6) is 0 Å². The van der Waals surface area contributed by atoms with Gasteiger partial charge in [0.2, 0.25) is 0 Å². The molecule has 1 aromatic carbocycles. The predicted molar refractivity (Wildman–Crippen MR) is 87.9 cm³/mol. The van der Waals surface area contributed by atoms with E-state index >= 15 is 0 Å². The van der Waals surface area contributed by atoms with Crippen LogP contribution in [0.15, 0.2) is 47.1 Å². The topological polar surface area (TPSA) is 24.9 Å². The maximum Gasteiger partial charge on any atom is 0.0422 e. The second kappa shape index (κ2) is 7.55. The molecule has 0 aliphatic heterocycles. The third kappa shape index (κ3) is 4.15. The monoisotopic (exact) mass is 332 g/mol. The summed E-state index contributed by atoms with van der Waals surface area (Å²) in [6.45, 7) is 5.32. The standard InChI is InChI=1S/C17H21BrN2/c1-3-9-20-17(12-15-6-4-5-10-19-15)14-8-7-13(2)16(18)11-14/h4-8,10-11,17,20H,3,9,12H2,1-2H3. The Morgan fingerprint density at radius 2 is 2.10 bits per heavy atom. The lowest BCUT2D eigenvalue weighted by atomic mass is 10.0. The molecule has 0 radical (unpaired) electrons. The van der Waals surface area contributed by atoms with Crippen molar-refractivity contribution in [2.75, 3.05) is 6.54 Å². The van der Waals surface area contributed by atoms with E-state index in [9.17, 15) is 0 Å². The van der Waals surface area contributed by atoms with Crippen LogP contribution in [0.25, 0.3) is 0 Å². The van der Waals surface area contributed by atoms with Gasteiger partial charge in [-0.2, -0.15) is 0 Å². The molecule has 1 heterocycles. The summed E-state index contributed by atoms with van der Waals surface area (Å²) in [4.78, 5) is 4.44. The highest BCUT2D eigenvalue weighted by Gasteiger charge is 2.13. The normalized spacial score (nSPS) is 12.3. The fourth-order valence-electron chi connectivity index (χ4n) is 2.18. The molecule has 2 nitrogen and oxygen atoms in total. The number of hydrogen-bond donors (Lipinski definition) is 1. The molecule has 1 aromatic heterocycles. The minimum absolute atomic E-state index is 0.307. The molecule has 0 bridgehead atoms. The molecule has 0 aliphatic carbocycles. The molecule has 2 aromatic rings.